The quantitative estimate of drug-likeness (QED) is 0.126. The standard InChI is InChI=1S/C41H61NO3/c1-28(2)13-12-14-29(3)35-19-20-36-34-18-17-30-27-31(21-23-40(30,4)37(34)22-24-41(35,36)5)45-26-11-7-6-10-25-42-38(43)32-15-8-9-16-33(32)39(42)44/h8-9,15-17,28-29,31,34-37H,6-7,10-14,18-27H2,1-5H3/t29-,31+,34+,35-,36+,37+,40+,41-/m1/s1. The van der Waals surface area contributed by atoms with Crippen molar-refractivity contribution in [1.82, 2.24) is 4.90 Å². The monoisotopic (exact) mass is 615 g/mol. The minimum absolute atomic E-state index is 0.136. The number of nitrogens with zero attached hydrogens (tertiary/aromatic N) is 1. The van der Waals surface area contributed by atoms with Gasteiger partial charge in [-0.05, 0) is 123 Å². The Morgan fingerprint density at radius 1 is 0.844 bits per heavy atom. The first-order chi connectivity index (χ1) is 21.6. The maximum atomic E-state index is 12.6. The number of benzene rings is 1. The van der Waals surface area contributed by atoms with E-state index in [4.69, 9.17) is 4.74 Å². The number of fused-ring (bicyclic) bond motifs is 6. The average Bonchev–Trinajstić information content (AvgIpc) is 3.50. The predicted octanol–water partition coefficient (Wildman–Crippen LogP) is 10.3. The molecule has 1 aliphatic heterocycles. The van der Waals surface area contributed by atoms with E-state index in [9.17, 15) is 9.59 Å². The van der Waals surface area contributed by atoms with Crippen LogP contribution in [0.4, 0.5) is 0 Å². The Balaban J connectivity index is 0.937. The van der Waals surface area contributed by atoms with Crippen molar-refractivity contribution in [3.63, 3.8) is 0 Å². The Hall–Kier alpha value is -1.94. The Morgan fingerprint density at radius 3 is 2.31 bits per heavy atom. The van der Waals surface area contributed by atoms with Gasteiger partial charge in [-0.1, -0.05) is 90.5 Å². The molecule has 0 spiro atoms. The smallest absolute Gasteiger partial charge is 0.261 e. The van der Waals surface area contributed by atoms with Crippen LogP contribution >= 0.6 is 0 Å². The van der Waals surface area contributed by atoms with Crippen molar-refractivity contribution in [3.05, 3.63) is 47.0 Å². The number of rotatable bonds is 13. The molecule has 0 bridgehead atoms. The minimum atomic E-state index is -0.136. The van der Waals surface area contributed by atoms with Crippen LogP contribution in [0.2, 0.25) is 0 Å². The molecule has 6 rings (SSSR count). The first-order valence-electron chi connectivity index (χ1n) is 18.9. The number of hydrogen-bond acceptors (Lipinski definition) is 3. The summed E-state index contributed by atoms with van der Waals surface area (Å²) in [5.74, 6) is 5.06. The summed E-state index contributed by atoms with van der Waals surface area (Å²) in [6, 6.07) is 7.17. The summed E-state index contributed by atoms with van der Waals surface area (Å²) >= 11 is 0. The molecule has 0 unspecified atom stereocenters. The van der Waals surface area contributed by atoms with Crippen molar-refractivity contribution in [2.45, 2.75) is 137 Å². The lowest BCUT2D eigenvalue weighted by Crippen LogP contribution is -2.51. The van der Waals surface area contributed by atoms with Gasteiger partial charge in [-0.15, -0.1) is 0 Å². The van der Waals surface area contributed by atoms with Crippen molar-refractivity contribution in [2.75, 3.05) is 13.2 Å². The van der Waals surface area contributed by atoms with Crippen molar-refractivity contribution in [3.8, 4) is 0 Å². The van der Waals surface area contributed by atoms with Crippen molar-refractivity contribution >= 4 is 11.8 Å². The van der Waals surface area contributed by atoms with Gasteiger partial charge in [0, 0.05) is 13.2 Å². The van der Waals surface area contributed by atoms with E-state index in [2.05, 4.69) is 40.7 Å². The number of ether oxygens (including phenoxy) is 1. The third-order valence-electron chi connectivity index (χ3n) is 13.8. The van der Waals surface area contributed by atoms with Gasteiger partial charge in [0.05, 0.1) is 17.2 Å². The molecule has 3 saturated carbocycles. The highest BCUT2D eigenvalue weighted by atomic mass is 16.5. The van der Waals surface area contributed by atoms with Crippen LogP contribution in [0.1, 0.15) is 152 Å². The van der Waals surface area contributed by atoms with Gasteiger partial charge >= 0.3 is 0 Å². The molecule has 1 aromatic rings. The van der Waals surface area contributed by atoms with Gasteiger partial charge in [0.25, 0.3) is 11.8 Å². The average molecular weight is 616 g/mol. The second-order valence-corrected chi connectivity index (χ2v) is 16.7. The van der Waals surface area contributed by atoms with E-state index < -0.39 is 0 Å². The molecule has 1 aromatic carbocycles. The zero-order valence-electron chi connectivity index (χ0n) is 29.1. The Labute approximate surface area is 274 Å². The minimum Gasteiger partial charge on any atom is -0.378 e. The van der Waals surface area contributed by atoms with Crippen LogP contribution in [0, 0.1) is 46.3 Å². The Kier molecular flexibility index (Phi) is 10.0. The number of carbonyl (C=O) groups is 2. The Morgan fingerprint density at radius 2 is 1.58 bits per heavy atom. The van der Waals surface area contributed by atoms with Crippen LogP contribution in [-0.4, -0.2) is 36.0 Å². The summed E-state index contributed by atoms with van der Waals surface area (Å²) in [6.07, 6.45) is 22.1. The summed E-state index contributed by atoms with van der Waals surface area (Å²) in [4.78, 5) is 26.6. The van der Waals surface area contributed by atoms with Gasteiger partial charge in [-0.25, -0.2) is 0 Å². The molecule has 5 aliphatic rings. The number of imide groups is 1. The lowest BCUT2D eigenvalue weighted by molar-refractivity contribution is -0.0641. The van der Waals surface area contributed by atoms with Crippen molar-refractivity contribution in [1.29, 1.82) is 0 Å². The molecule has 4 nitrogen and oxygen atoms in total. The summed E-state index contributed by atoms with van der Waals surface area (Å²) in [6.45, 7) is 14.0. The van der Waals surface area contributed by atoms with Gasteiger partial charge in [0.15, 0.2) is 0 Å². The molecule has 248 valence electrons. The molecule has 0 aromatic heterocycles. The first kappa shape index (κ1) is 33.0. The SMILES string of the molecule is CC(C)CCC[C@@H](C)[C@H]1CC[C@H]2[C@@H]3CC=C4C[C@@H](OCCCCCCN5C(=O)c6ccccc6C5=O)CC[C@]4(C)[C@H]3CC[C@]12C. The summed E-state index contributed by atoms with van der Waals surface area (Å²) in [5, 5.41) is 0. The van der Waals surface area contributed by atoms with Gasteiger partial charge in [0.2, 0.25) is 0 Å². The predicted molar refractivity (Wildman–Crippen MR) is 183 cm³/mol. The van der Waals surface area contributed by atoms with Gasteiger partial charge in [-0.2, -0.15) is 0 Å². The van der Waals surface area contributed by atoms with Crippen LogP contribution in [-0.2, 0) is 4.74 Å². The van der Waals surface area contributed by atoms with E-state index in [-0.39, 0.29) is 11.8 Å². The fourth-order valence-electron chi connectivity index (χ4n) is 11.2. The molecule has 0 radical (unpaired) electrons. The van der Waals surface area contributed by atoms with Gasteiger partial charge in [0.1, 0.15) is 0 Å². The van der Waals surface area contributed by atoms with Gasteiger partial charge in [-0.3, -0.25) is 14.5 Å². The van der Waals surface area contributed by atoms with Crippen molar-refractivity contribution in [2.24, 2.45) is 46.3 Å². The molecule has 0 saturated heterocycles. The molecular weight excluding hydrogens is 554 g/mol. The van der Waals surface area contributed by atoms with Crippen LogP contribution in [0.15, 0.2) is 35.9 Å². The highest BCUT2D eigenvalue weighted by Gasteiger charge is 2.59. The molecule has 4 aliphatic carbocycles. The maximum absolute atomic E-state index is 12.6. The second-order valence-electron chi connectivity index (χ2n) is 16.7. The number of allylic oxidation sites excluding steroid dienone is 1. The fourth-order valence-corrected chi connectivity index (χ4v) is 11.2. The molecule has 2 amide bonds. The number of amides is 2. The summed E-state index contributed by atoms with van der Waals surface area (Å²) < 4.78 is 6.48. The molecule has 45 heavy (non-hydrogen) atoms. The van der Waals surface area contributed by atoms with Crippen LogP contribution in [0.5, 0.6) is 0 Å². The van der Waals surface area contributed by atoms with Crippen molar-refractivity contribution < 1.29 is 14.3 Å². The molecule has 0 N–H and O–H groups in total. The number of unbranched alkanes of at least 4 members (excludes halogenated alkanes) is 3. The molecule has 4 heteroatoms. The van der Waals surface area contributed by atoms with E-state index in [1.807, 2.05) is 12.1 Å². The molecule has 3 fully saturated rings. The van der Waals surface area contributed by atoms with Crippen LogP contribution in [0.3, 0.4) is 0 Å². The van der Waals surface area contributed by atoms with E-state index in [0.29, 0.717) is 34.6 Å². The highest BCUT2D eigenvalue weighted by Crippen LogP contribution is 2.67. The normalized spacial score (nSPS) is 34.8. The van der Waals surface area contributed by atoms with Crippen LogP contribution in [0.25, 0.3) is 0 Å². The topological polar surface area (TPSA) is 46.6 Å². The molecular formula is C41H61NO3. The van der Waals surface area contributed by atoms with E-state index in [1.165, 1.54) is 69.1 Å². The van der Waals surface area contributed by atoms with Gasteiger partial charge < -0.3 is 4.74 Å². The molecule has 8 atom stereocenters. The number of carbonyl (C=O) groups excluding carboxylic acids is 2. The Bertz CT molecular complexity index is 1220. The largest absolute Gasteiger partial charge is 0.378 e. The third kappa shape index (κ3) is 6.35. The third-order valence-corrected chi connectivity index (χ3v) is 13.8. The van der Waals surface area contributed by atoms with E-state index in [0.717, 1.165) is 74.2 Å². The first-order valence-corrected chi connectivity index (χ1v) is 18.9. The zero-order valence-corrected chi connectivity index (χ0v) is 29.1. The van der Waals surface area contributed by atoms with Crippen LogP contribution < -0.4 is 0 Å². The van der Waals surface area contributed by atoms with E-state index in [1.54, 1.807) is 17.7 Å². The fraction of sp³-hybridized carbons (Fsp3) is 0.756. The maximum Gasteiger partial charge on any atom is 0.261 e. The number of hydrogen-bond donors (Lipinski definition) is 0. The van der Waals surface area contributed by atoms with E-state index >= 15 is 0 Å². The summed E-state index contributed by atoms with van der Waals surface area (Å²) in [7, 11) is 0. The lowest BCUT2D eigenvalue weighted by Gasteiger charge is -2.58. The summed E-state index contributed by atoms with van der Waals surface area (Å²) in [5.41, 5.74) is 3.77. The lowest BCUT2D eigenvalue weighted by atomic mass is 9.47. The highest BCUT2D eigenvalue weighted by molar-refractivity contribution is 6.21. The zero-order chi connectivity index (χ0) is 31.8. The molecule has 1 heterocycles. The second kappa shape index (κ2) is 13.7.